The molecule has 2 rings (SSSR count). The summed E-state index contributed by atoms with van der Waals surface area (Å²) in [6.07, 6.45) is 2.32. The molecule has 1 aliphatic heterocycles. The number of carbonyl (C=O) groups excluding carboxylic acids is 2. The maximum Gasteiger partial charge on any atom is 0.327 e. The van der Waals surface area contributed by atoms with Gasteiger partial charge in [-0.25, -0.2) is 4.79 Å². The number of ketones is 1. The largest absolute Gasteiger partial charge is 0.480 e. The van der Waals surface area contributed by atoms with E-state index in [9.17, 15) is 14.4 Å². The molecule has 1 N–H and O–H groups in total. The molecule has 0 saturated carbocycles. The highest BCUT2D eigenvalue weighted by atomic mass is 32.2. The van der Waals surface area contributed by atoms with Crippen molar-refractivity contribution in [2.75, 3.05) is 11.6 Å². The zero-order valence-corrected chi connectivity index (χ0v) is 11.4. The number of carbonyl (C=O) groups is 3. The van der Waals surface area contributed by atoms with E-state index in [2.05, 4.69) is 0 Å². The average molecular weight is 291 g/mol. The van der Waals surface area contributed by atoms with Crippen LogP contribution in [0, 0.1) is 0 Å². The Morgan fingerprint density at radius 3 is 2.55 bits per heavy atom. The molecule has 1 aromatic rings. The Morgan fingerprint density at radius 2 is 1.90 bits per heavy atom. The monoisotopic (exact) mass is 291 g/mol. The van der Waals surface area contributed by atoms with E-state index < -0.39 is 17.9 Å². The second-order valence-electron chi connectivity index (χ2n) is 4.23. The van der Waals surface area contributed by atoms with Crippen LogP contribution in [0.3, 0.4) is 0 Å². The van der Waals surface area contributed by atoms with Crippen LogP contribution >= 0.6 is 11.8 Å². The third kappa shape index (κ3) is 3.27. The summed E-state index contributed by atoms with van der Waals surface area (Å²) >= 11 is 1.38. The third-order valence-corrected chi connectivity index (χ3v) is 3.90. The molecule has 104 valence electrons. The van der Waals surface area contributed by atoms with Gasteiger partial charge in [0.25, 0.3) is 0 Å². The van der Waals surface area contributed by atoms with Gasteiger partial charge >= 0.3 is 5.97 Å². The fourth-order valence-corrected chi connectivity index (χ4v) is 2.96. The van der Waals surface area contributed by atoms with Crippen molar-refractivity contribution < 1.29 is 19.5 Å². The molecule has 0 radical (unpaired) electrons. The lowest BCUT2D eigenvalue weighted by Gasteiger charge is -2.18. The lowest BCUT2D eigenvalue weighted by Crippen LogP contribution is -2.40. The van der Waals surface area contributed by atoms with Crippen molar-refractivity contribution in [3.8, 4) is 0 Å². The molecule has 1 aliphatic rings. The minimum absolute atomic E-state index is 0.280. The van der Waals surface area contributed by atoms with Gasteiger partial charge in [0, 0.05) is 17.4 Å². The van der Waals surface area contributed by atoms with Crippen molar-refractivity contribution in [1.29, 1.82) is 0 Å². The van der Waals surface area contributed by atoms with Crippen LogP contribution in [-0.4, -0.2) is 45.3 Å². The average Bonchev–Trinajstić information content (AvgIpc) is 2.95. The van der Waals surface area contributed by atoms with Gasteiger partial charge in [-0.05, 0) is 6.08 Å². The number of hydrogen-bond acceptors (Lipinski definition) is 4. The Kier molecular flexibility index (Phi) is 4.57. The smallest absolute Gasteiger partial charge is 0.327 e. The summed E-state index contributed by atoms with van der Waals surface area (Å²) in [5.41, 5.74) is 0.488. The summed E-state index contributed by atoms with van der Waals surface area (Å²) in [6, 6.07) is 7.76. The molecule has 0 aliphatic carbocycles. The first-order chi connectivity index (χ1) is 9.59. The Bertz CT molecular complexity index is 556. The number of amides is 1. The second-order valence-corrected chi connectivity index (χ2v) is 5.23. The van der Waals surface area contributed by atoms with Crippen LogP contribution < -0.4 is 0 Å². The standard InChI is InChI=1S/C14H13NO4S/c16-12(10-4-2-1-3-5-10)6-7-13(17)15-9-20-8-11(15)14(18)19/h1-7,11H,8-9H2,(H,18,19)/t11-/m0/s1. The van der Waals surface area contributed by atoms with E-state index in [1.54, 1.807) is 30.3 Å². The van der Waals surface area contributed by atoms with Gasteiger partial charge in [0.05, 0.1) is 5.88 Å². The molecule has 0 unspecified atom stereocenters. The molecule has 0 bridgehead atoms. The number of aliphatic carboxylic acids is 1. The van der Waals surface area contributed by atoms with E-state index in [0.29, 0.717) is 17.2 Å². The van der Waals surface area contributed by atoms with Gasteiger partial charge in [-0.3, -0.25) is 9.59 Å². The predicted octanol–water partition coefficient (Wildman–Crippen LogP) is 1.41. The molecule has 1 atom stereocenters. The summed E-state index contributed by atoms with van der Waals surface area (Å²) in [6.45, 7) is 0. The Labute approximate surface area is 120 Å². The molecule has 5 nitrogen and oxygen atoms in total. The van der Waals surface area contributed by atoms with Crippen molar-refractivity contribution in [3.05, 3.63) is 48.0 Å². The number of carboxylic acids is 1. The first-order valence-electron chi connectivity index (χ1n) is 5.98. The number of nitrogens with zero attached hydrogens (tertiary/aromatic N) is 1. The van der Waals surface area contributed by atoms with Crippen molar-refractivity contribution >= 4 is 29.4 Å². The van der Waals surface area contributed by atoms with Gasteiger partial charge in [0.2, 0.25) is 5.91 Å². The highest BCUT2D eigenvalue weighted by Gasteiger charge is 2.33. The van der Waals surface area contributed by atoms with Crippen molar-refractivity contribution in [2.45, 2.75) is 6.04 Å². The summed E-state index contributed by atoms with van der Waals surface area (Å²) in [4.78, 5) is 35.9. The van der Waals surface area contributed by atoms with E-state index in [-0.39, 0.29) is 5.78 Å². The number of hydrogen-bond donors (Lipinski definition) is 1. The zero-order chi connectivity index (χ0) is 14.5. The molecule has 1 saturated heterocycles. The van der Waals surface area contributed by atoms with Crippen molar-refractivity contribution in [2.24, 2.45) is 0 Å². The summed E-state index contributed by atoms with van der Waals surface area (Å²) < 4.78 is 0. The lowest BCUT2D eigenvalue weighted by atomic mass is 10.1. The molecule has 20 heavy (non-hydrogen) atoms. The zero-order valence-electron chi connectivity index (χ0n) is 10.6. The fraction of sp³-hybridized carbons (Fsp3) is 0.214. The highest BCUT2D eigenvalue weighted by molar-refractivity contribution is 7.99. The maximum absolute atomic E-state index is 11.9. The Hall–Kier alpha value is -2.08. The number of carboxylic acid groups (broad SMARTS) is 1. The van der Waals surface area contributed by atoms with Crippen molar-refractivity contribution in [3.63, 3.8) is 0 Å². The van der Waals surface area contributed by atoms with Gasteiger partial charge in [-0.1, -0.05) is 30.3 Å². The Balaban J connectivity index is 2.02. The lowest BCUT2D eigenvalue weighted by molar-refractivity contribution is -0.146. The van der Waals surface area contributed by atoms with E-state index in [0.717, 1.165) is 6.08 Å². The SMILES string of the molecule is O=C(C=CC(=O)N1CSC[C@H]1C(=O)O)c1ccccc1. The number of benzene rings is 1. The summed E-state index contributed by atoms with van der Waals surface area (Å²) in [5, 5.41) is 8.99. The van der Waals surface area contributed by atoms with Crippen LogP contribution in [0.25, 0.3) is 0 Å². The molecule has 1 fully saturated rings. The molecule has 1 aromatic carbocycles. The van der Waals surface area contributed by atoms with Crippen LogP contribution in [0.4, 0.5) is 0 Å². The molecule has 0 spiro atoms. The third-order valence-electron chi connectivity index (χ3n) is 2.89. The van der Waals surface area contributed by atoms with E-state index in [1.807, 2.05) is 0 Å². The van der Waals surface area contributed by atoms with Crippen LogP contribution in [0.5, 0.6) is 0 Å². The molecular formula is C14H13NO4S. The van der Waals surface area contributed by atoms with E-state index in [1.165, 1.54) is 22.7 Å². The quantitative estimate of drug-likeness (QED) is 0.670. The molecule has 1 heterocycles. The van der Waals surface area contributed by atoms with Gasteiger partial charge in [-0.15, -0.1) is 11.8 Å². The van der Waals surface area contributed by atoms with Gasteiger partial charge in [0.15, 0.2) is 5.78 Å². The van der Waals surface area contributed by atoms with Gasteiger partial charge < -0.3 is 10.0 Å². The summed E-state index contributed by atoms with van der Waals surface area (Å²) in [7, 11) is 0. The second kappa shape index (κ2) is 6.38. The Morgan fingerprint density at radius 1 is 1.20 bits per heavy atom. The maximum atomic E-state index is 11.9. The van der Waals surface area contributed by atoms with Crippen LogP contribution in [0.15, 0.2) is 42.5 Å². The topological polar surface area (TPSA) is 74.7 Å². The van der Waals surface area contributed by atoms with Gasteiger partial charge in [-0.2, -0.15) is 0 Å². The fourth-order valence-electron chi connectivity index (χ4n) is 1.81. The minimum atomic E-state index is -1.02. The molecule has 1 amide bonds. The first-order valence-corrected chi connectivity index (χ1v) is 7.13. The molecular weight excluding hydrogens is 278 g/mol. The van der Waals surface area contributed by atoms with Crippen molar-refractivity contribution in [1.82, 2.24) is 4.90 Å². The van der Waals surface area contributed by atoms with Crippen LogP contribution in [0.2, 0.25) is 0 Å². The number of allylic oxidation sites excluding steroid dienone is 1. The van der Waals surface area contributed by atoms with E-state index >= 15 is 0 Å². The molecule has 0 aromatic heterocycles. The van der Waals surface area contributed by atoms with Crippen LogP contribution in [0.1, 0.15) is 10.4 Å². The van der Waals surface area contributed by atoms with Gasteiger partial charge in [0.1, 0.15) is 6.04 Å². The highest BCUT2D eigenvalue weighted by Crippen LogP contribution is 2.21. The number of thioether (sulfide) groups is 1. The number of rotatable bonds is 4. The summed E-state index contributed by atoms with van der Waals surface area (Å²) in [5.74, 6) is -1.04. The minimum Gasteiger partial charge on any atom is -0.480 e. The van der Waals surface area contributed by atoms with Crippen LogP contribution in [-0.2, 0) is 9.59 Å². The molecule has 6 heteroatoms. The van der Waals surface area contributed by atoms with E-state index in [4.69, 9.17) is 5.11 Å². The normalized spacial score (nSPS) is 18.4. The first kappa shape index (κ1) is 14.3. The predicted molar refractivity (Wildman–Crippen MR) is 75.5 cm³/mol.